The number of rotatable bonds is 1. The molecule has 0 spiro atoms. The van der Waals surface area contributed by atoms with Gasteiger partial charge in [0.15, 0.2) is 5.69 Å². The Morgan fingerprint density at radius 3 is 3.07 bits per heavy atom. The number of carbonyl (C=O) groups excluding carboxylic acids is 1. The average molecular weight is 196 g/mol. The van der Waals surface area contributed by atoms with Gasteiger partial charge in [-0.3, -0.25) is 4.79 Å². The third kappa shape index (κ3) is 1.63. The van der Waals surface area contributed by atoms with Gasteiger partial charge in [-0.1, -0.05) is 5.16 Å². The molecule has 0 radical (unpaired) electrons. The van der Waals surface area contributed by atoms with Crippen molar-refractivity contribution in [1.82, 2.24) is 10.1 Å². The number of likely N-dealkylation sites (tertiary alicyclic amines) is 1. The van der Waals surface area contributed by atoms with E-state index in [1.165, 1.54) is 0 Å². The number of nitrogens with zero attached hydrogens (tertiary/aromatic N) is 2. The van der Waals surface area contributed by atoms with Crippen LogP contribution in [0.2, 0.25) is 0 Å². The van der Waals surface area contributed by atoms with Crippen molar-refractivity contribution < 1.29 is 14.4 Å². The molecule has 1 aliphatic rings. The summed E-state index contributed by atoms with van der Waals surface area (Å²) in [5.74, 6) is 0.450. The molecule has 14 heavy (non-hydrogen) atoms. The lowest BCUT2D eigenvalue weighted by molar-refractivity contribution is 0.0754. The first kappa shape index (κ1) is 9.21. The molecule has 1 aromatic heterocycles. The van der Waals surface area contributed by atoms with E-state index in [2.05, 4.69) is 5.16 Å². The van der Waals surface area contributed by atoms with E-state index in [0.717, 1.165) is 0 Å². The lowest BCUT2D eigenvalue weighted by atomic mass is 10.3. The molecule has 5 nitrogen and oxygen atoms in total. The zero-order valence-corrected chi connectivity index (χ0v) is 7.93. The van der Waals surface area contributed by atoms with Crippen molar-refractivity contribution in [3.63, 3.8) is 0 Å². The highest BCUT2D eigenvalue weighted by Gasteiger charge is 2.26. The molecular weight excluding hydrogens is 184 g/mol. The SMILES string of the molecule is Cc1cc(C(=O)N2CC[C@@H](O)C2)no1. The molecule has 1 N–H and O–H groups in total. The molecule has 5 heteroatoms. The molecule has 0 bridgehead atoms. The van der Waals surface area contributed by atoms with Gasteiger partial charge in [-0.2, -0.15) is 0 Å². The summed E-state index contributed by atoms with van der Waals surface area (Å²) in [4.78, 5) is 13.3. The number of aliphatic hydroxyl groups is 1. The fourth-order valence-electron chi connectivity index (χ4n) is 1.56. The van der Waals surface area contributed by atoms with Crippen LogP contribution in [0.15, 0.2) is 10.6 Å². The summed E-state index contributed by atoms with van der Waals surface area (Å²) in [6.07, 6.45) is 0.245. The fourth-order valence-corrected chi connectivity index (χ4v) is 1.56. The van der Waals surface area contributed by atoms with Crippen molar-refractivity contribution in [2.45, 2.75) is 19.4 Å². The number of aromatic nitrogens is 1. The van der Waals surface area contributed by atoms with Gasteiger partial charge >= 0.3 is 0 Å². The van der Waals surface area contributed by atoms with Crippen LogP contribution in [-0.4, -0.2) is 40.3 Å². The van der Waals surface area contributed by atoms with E-state index >= 15 is 0 Å². The van der Waals surface area contributed by atoms with E-state index in [9.17, 15) is 9.90 Å². The molecule has 1 amide bonds. The second-order valence-corrected chi connectivity index (χ2v) is 3.52. The highest BCUT2D eigenvalue weighted by molar-refractivity contribution is 5.92. The number of aliphatic hydroxyl groups excluding tert-OH is 1. The Bertz CT molecular complexity index is 348. The van der Waals surface area contributed by atoms with E-state index in [0.29, 0.717) is 31.0 Å². The van der Waals surface area contributed by atoms with Crippen LogP contribution in [-0.2, 0) is 0 Å². The third-order valence-corrected chi connectivity index (χ3v) is 2.30. The minimum atomic E-state index is -0.396. The van der Waals surface area contributed by atoms with Gasteiger partial charge in [0.1, 0.15) is 5.76 Å². The molecule has 76 valence electrons. The second kappa shape index (κ2) is 3.42. The molecule has 0 aliphatic carbocycles. The Hall–Kier alpha value is -1.36. The summed E-state index contributed by atoms with van der Waals surface area (Å²) in [5.41, 5.74) is 0.316. The maximum absolute atomic E-state index is 11.7. The first-order valence-electron chi connectivity index (χ1n) is 4.57. The summed E-state index contributed by atoms with van der Waals surface area (Å²) >= 11 is 0. The van der Waals surface area contributed by atoms with Crippen molar-refractivity contribution in [1.29, 1.82) is 0 Å². The molecule has 0 aromatic carbocycles. The number of hydrogen-bond acceptors (Lipinski definition) is 4. The standard InChI is InChI=1S/C9H12N2O3/c1-6-4-8(10-14-6)9(13)11-3-2-7(12)5-11/h4,7,12H,2-3,5H2,1H3/t7-/m1/s1. The van der Waals surface area contributed by atoms with Crippen LogP contribution in [0.5, 0.6) is 0 Å². The number of hydrogen-bond donors (Lipinski definition) is 1. The number of carbonyl (C=O) groups is 1. The highest BCUT2D eigenvalue weighted by atomic mass is 16.5. The van der Waals surface area contributed by atoms with Gasteiger partial charge in [-0.05, 0) is 13.3 Å². The Kier molecular flexibility index (Phi) is 2.25. The highest BCUT2D eigenvalue weighted by Crippen LogP contribution is 2.13. The largest absolute Gasteiger partial charge is 0.391 e. The number of amides is 1. The van der Waals surface area contributed by atoms with Crippen molar-refractivity contribution in [3.8, 4) is 0 Å². The lowest BCUT2D eigenvalue weighted by Crippen LogP contribution is -2.29. The van der Waals surface area contributed by atoms with E-state index in [4.69, 9.17) is 4.52 Å². The Morgan fingerprint density at radius 2 is 2.57 bits per heavy atom. The first-order chi connectivity index (χ1) is 6.66. The van der Waals surface area contributed by atoms with Gasteiger partial charge in [0.25, 0.3) is 5.91 Å². The number of aryl methyl sites for hydroxylation is 1. The monoisotopic (exact) mass is 196 g/mol. The molecule has 2 rings (SSSR count). The zero-order valence-electron chi connectivity index (χ0n) is 7.93. The molecule has 1 aromatic rings. The Labute approximate surface area is 81.3 Å². The van der Waals surface area contributed by atoms with Gasteiger partial charge in [-0.25, -0.2) is 0 Å². The minimum absolute atomic E-state index is 0.168. The van der Waals surface area contributed by atoms with Gasteiger partial charge in [0, 0.05) is 19.2 Å². The van der Waals surface area contributed by atoms with Crippen molar-refractivity contribution in [2.75, 3.05) is 13.1 Å². The van der Waals surface area contributed by atoms with E-state index in [-0.39, 0.29) is 5.91 Å². The summed E-state index contributed by atoms with van der Waals surface area (Å²) in [5, 5.41) is 12.9. The quantitative estimate of drug-likeness (QED) is 0.696. The second-order valence-electron chi connectivity index (χ2n) is 3.52. The van der Waals surface area contributed by atoms with Crippen molar-refractivity contribution in [3.05, 3.63) is 17.5 Å². The molecule has 1 saturated heterocycles. The predicted octanol–water partition coefficient (Wildman–Crippen LogP) is 0.190. The molecule has 1 atom stereocenters. The molecular formula is C9H12N2O3. The van der Waals surface area contributed by atoms with Crippen LogP contribution in [0.3, 0.4) is 0 Å². The topological polar surface area (TPSA) is 66.6 Å². The normalized spacial score (nSPS) is 21.6. The maximum atomic E-state index is 11.7. The Balaban J connectivity index is 2.09. The fraction of sp³-hybridized carbons (Fsp3) is 0.556. The van der Waals surface area contributed by atoms with Crippen LogP contribution in [0.4, 0.5) is 0 Å². The van der Waals surface area contributed by atoms with Crippen LogP contribution in [0.1, 0.15) is 22.7 Å². The van der Waals surface area contributed by atoms with E-state index in [1.54, 1.807) is 17.9 Å². The summed E-state index contributed by atoms with van der Waals surface area (Å²) < 4.78 is 4.81. The van der Waals surface area contributed by atoms with Crippen LogP contribution in [0, 0.1) is 6.92 Å². The predicted molar refractivity (Wildman–Crippen MR) is 47.8 cm³/mol. The van der Waals surface area contributed by atoms with Crippen LogP contribution >= 0.6 is 0 Å². The van der Waals surface area contributed by atoms with Crippen LogP contribution < -0.4 is 0 Å². The lowest BCUT2D eigenvalue weighted by Gasteiger charge is -2.12. The molecule has 0 saturated carbocycles. The Morgan fingerprint density at radius 1 is 1.79 bits per heavy atom. The van der Waals surface area contributed by atoms with Gasteiger partial charge in [-0.15, -0.1) is 0 Å². The maximum Gasteiger partial charge on any atom is 0.276 e. The summed E-state index contributed by atoms with van der Waals surface area (Å²) in [6, 6.07) is 1.60. The minimum Gasteiger partial charge on any atom is -0.391 e. The number of β-amino-alcohol motifs (C(OH)–C–C–N with tert-alkyl or cyclic N) is 1. The average Bonchev–Trinajstić information content (AvgIpc) is 2.73. The van der Waals surface area contributed by atoms with E-state index in [1.807, 2.05) is 0 Å². The molecule has 2 heterocycles. The molecule has 1 aliphatic heterocycles. The van der Waals surface area contributed by atoms with E-state index < -0.39 is 6.10 Å². The van der Waals surface area contributed by atoms with Crippen LogP contribution in [0.25, 0.3) is 0 Å². The van der Waals surface area contributed by atoms with Crippen molar-refractivity contribution in [2.24, 2.45) is 0 Å². The third-order valence-electron chi connectivity index (χ3n) is 2.30. The van der Waals surface area contributed by atoms with Gasteiger partial charge in [0.2, 0.25) is 0 Å². The summed E-state index contributed by atoms with van der Waals surface area (Å²) in [6.45, 7) is 2.72. The van der Waals surface area contributed by atoms with Gasteiger partial charge < -0.3 is 14.5 Å². The molecule has 1 fully saturated rings. The smallest absolute Gasteiger partial charge is 0.276 e. The summed E-state index contributed by atoms with van der Waals surface area (Å²) in [7, 11) is 0. The zero-order chi connectivity index (χ0) is 10.1. The molecule has 0 unspecified atom stereocenters. The van der Waals surface area contributed by atoms with Crippen molar-refractivity contribution >= 4 is 5.91 Å². The first-order valence-corrected chi connectivity index (χ1v) is 4.57. The van der Waals surface area contributed by atoms with Gasteiger partial charge in [0.05, 0.1) is 6.10 Å².